The summed E-state index contributed by atoms with van der Waals surface area (Å²) in [5, 5.41) is 3.81. The summed E-state index contributed by atoms with van der Waals surface area (Å²) in [4.78, 5) is 3.55. The molecule has 2 aromatic carbocycles. The third-order valence-electron chi connectivity index (χ3n) is 6.28. The van der Waals surface area contributed by atoms with Gasteiger partial charge in [-0.2, -0.15) is 9.37 Å². The van der Waals surface area contributed by atoms with Crippen LogP contribution in [0.1, 0.15) is 23.7 Å². The normalized spacial score (nSPS) is 24.3. The van der Waals surface area contributed by atoms with Crippen LogP contribution in [0, 0.1) is 6.08 Å². The van der Waals surface area contributed by atoms with Crippen molar-refractivity contribution < 1.29 is 23.0 Å². The van der Waals surface area contributed by atoms with Gasteiger partial charge in [0.25, 0.3) is 0 Å². The van der Waals surface area contributed by atoms with Crippen LogP contribution in [0.4, 0.5) is 14.6 Å². The van der Waals surface area contributed by atoms with E-state index in [1.54, 1.807) is 19.1 Å². The number of ether oxygens (including phenoxy) is 3. The number of benzene rings is 2. The first kappa shape index (κ1) is 23.3. The molecule has 7 nitrogen and oxygen atoms in total. The molecule has 1 saturated heterocycles. The molecular formula is C26H26F2N4O3. The number of hydrogen-bond acceptors (Lipinski definition) is 6. The van der Waals surface area contributed by atoms with Crippen molar-refractivity contribution in [3.63, 3.8) is 0 Å². The molecule has 1 aliphatic rings. The molecule has 1 aliphatic heterocycles. The number of nitrogen functional groups attached to an aromatic ring is 1. The number of rotatable bonds is 8. The first-order chi connectivity index (χ1) is 17.0. The summed E-state index contributed by atoms with van der Waals surface area (Å²) in [5.74, 6) is -0.0413. The second kappa shape index (κ2) is 9.69. The Kier molecular flexibility index (Phi) is 6.46. The molecule has 4 atom stereocenters. The standard InChI is InChI=1S/C26H26F2N4O3/c1-26(21-13-12-19-24(29)30-25(28)31-32(19)21)23(27)22(34-15-18-10-6-3-7-11-18)20(35-26)16-33-14-17-8-4-2-5-9-17/h2-13,20,22-23H,14-16H2,1H3,(H2,29,30,31). The van der Waals surface area contributed by atoms with Crippen LogP contribution in [-0.2, 0) is 33.0 Å². The second-order valence-corrected chi connectivity index (χ2v) is 8.71. The Bertz CT molecular complexity index is 1290. The van der Waals surface area contributed by atoms with Crippen LogP contribution in [0.3, 0.4) is 0 Å². The fraction of sp³-hybridized carbons (Fsp3) is 0.308. The van der Waals surface area contributed by atoms with E-state index in [0.717, 1.165) is 11.1 Å². The first-order valence-corrected chi connectivity index (χ1v) is 11.4. The van der Waals surface area contributed by atoms with Crippen LogP contribution < -0.4 is 5.73 Å². The van der Waals surface area contributed by atoms with Crippen molar-refractivity contribution in [2.45, 2.75) is 44.1 Å². The average Bonchev–Trinajstić information content (AvgIpc) is 3.39. The molecule has 0 bridgehead atoms. The number of fused-ring (bicyclic) bond motifs is 1. The molecule has 4 unspecified atom stereocenters. The highest BCUT2D eigenvalue weighted by molar-refractivity contribution is 5.65. The van der Waals surface area contributed by atoms with Crippen molar-refractivity contribution in [3.05, 3.63) is 95.7 Å². The molecule has 182 valence electrons. The van der Waals surface area contributed by atoms with Crippen molar-refractivity contribution >= 4 is 11.3 Å². The van der Waals surface area contributed by atoms with Crippen molar-refractivity contribution in [3.8, 4) is 0 Å². The van der Waals surface area contributed by atoms with E-state index < -0.39 is 30.1 Å². The Morgan fingerprint density at radius 2 is 1.66 bits per heavy atom. The summed E-state index contributed by atoms with van der Waals surface area (Å²) < 4.78 is 49.5. The highest BCUT2D eigenvalue weighted by Gasteiger charge is 2.56. The number of aromatic nitrogens is 3. The number of anilines is 1. The van der Waals surface area contributed by atoms with E-state index in [-0.39, 0.29) is 19.0 Å². The van der Waals surface area contributed by atoms with Gasteiger partial charge in [-0.25, -0.2) is 8.91 Å². The van der Waals surface area contributed by atoms with Gasteiger partial charge in [0.05, 0.1) is 25.5 Å². The van der Waals surface area contributed by atoms with Gasteiger partial charge >= 0.3 is 6.08 Å². The molecule has 0 saturated carbocycles. The maximum absolute atomic E-state index is 16.1. The van der Waals surface area contributed by atoms with E-state index in [0.29, 0.717) is 17.8 Å². The van der Waals surface area contributed by atoms with E-state index in [4.69, 9.17) is 19.9 Å². The summed E-state index contributed by atoms with van der Waals surface area (Å²) in [7, 11) is 0. The third-order valence-corrected chi connectivity index (χ3v) is 6.28. The summed E-state index contributed by atoms with van der Waals surface area (Å²) >= 11 is 0. The maximum atomic E-state index is 16.1. The van der Waals surface area contributed by atoms with Crippen LogP contribution in [0.15, 0.2) is 72.8 Å². The van der Waals surface area contributed by atoms with Gasteiger partial charge in [-0.1, -0.05) is 60.7 Å². The summed E-state index contributed by atoms with van der Waals surface area (Å²) in [6.45, 7) is 2.27. The van der Waals surface area contributed by atoms with Crippen LogP contribution in [-0.4, -0.2) is 39.6 Å². The SMILES string of the molecule is CC1(c2ccc3c(N)nc(F)nn23)OC(COCc2ccccc2)C(OCc2ccccc2)C1F. The fourth-order valence-corrected chi connectivity index (χ4v) is 4.47. The highest BCUT2D eigenvalue weighted by atomic mass is 19.1. The lowest BCUT2D eigenvalue weighted by Gasteiger charge is -2.26. The van der Waals surface area contributed by atoms with Gasteiger partial charge in [-0.3, -0.25) is 0 Å². The van der Waals surface area contributed by atoms with Gasteiger partial charge < -0.3 is 19.9 Å². The number of nitrogens with zero attached hydrogens (tertiary/aromatic N) is 3. The first-order valence-electron chi connectivity index (χ1n) is 11.4. The minimum Gasteiger partial charge on any atom is -0.382 e. The molecule has 0 aliphatic carbocycles. The molecule has 2 aromatic heterocycles. The molecule has 2 N–H and O–H groups in total. The van der Waals surface area contributed by atoms with Crippen LogP contribution in [0.25, 0.3) is 5.52 Å². The molecule has 0 radical (unpaired) electrons. The van der Waals surface area contributed by atoms with Crippen LogP contribution >= 0.6 is 0 Å². The lowest BCUT2D eigenvalue weighted by atomic mass is 9.94. The predicted molar refractivity (Wildman–Crippen MR) is 126 cm³/mol. The van der Waals surface area contributed by atoms with Crippen LogP contribution in [0.2, 0.25) is 0 Å². The van der Waals surface area contributed by atoms with Gasteiger partial charge in [0.1, 0.15) is 23.3 Å². The summed E-state index contributed by atoms with van der Waals surface area (Å²) in [6, 6.07) is 22.4. The number of nitrogens with two attached hydrogens (primary N) is 1. The van der Waals surface area contributed by atoms with Gasteiger partial charge in [-0.15, -0.1) is 5.10 Å². The zero-order valence-corrected chi connectivity index (χ0v) is 19.2. The minimum atomic E-state index is -1.59. The molecule has 0 amide bonds. The van der Waals surface area contributed by atoms with E-state index in [9.17, 15) is 4.39 Å². The molecule has 35 heavy (non-hydrogen) atoms. The number of halogens is 2. The van der Waals surface area contributed by atoms with Gasteiger partial charge in [0.2, 0.25) is 0 Å². The van der Waals surface area contributed by atoms with E-state index >= 15 is 4.39 Å². The lowest BCUT2D eigenvalue weighted by molar-refractivity contribution is -0.0987. The Balaban J connectivity index is 1.41. The Hall–Kier alpha value is -3.40. The number of hydrogen-bond donors (Lipinski definition) is 1. The Morgan fingerprint density at radius 1 is 1.00 bits per heavy atom. The van der Waals surface area contributed by atoms with Crippen molar-refractivity contribution in [1.29, 1.82) is 0 Å². The van der Waals surface area contributed by atoms with Gasteiger partial charge in [-0.05, 0) is 30.2 Å². The predicted octanol–water partition coefficient (Wildman–Crippen LogP) is 4.20. The Morgan fingerprint density at radius 3 is 2.34 bits per heavy atom. The topological polar surface area (TPSA) is 83.9 Å². The van der Waals surface area contributed by atoms with E-state index in [1.807, 2.05) is 60.7 Å². The van der Waals surface area contributed by atoms with E-state index in [1.165, 1.54) is 4.52 Å². The molecule has 9 heteroatoms. The molecule has 5 rings (SSSR count). The number of alkyl halides is 1. The largest absolute Gasteiger partial charge is 0.382 e. The zero-order chi connectivity index (χ0) is 24.4. The Labute approximate surface area is 201 Å². The lowest BCUT2D eigenvalue weighted by Crippen LogP contribution is -2.38. The fourth-order valence-electron chi connectivity index (χ4n) is 4.47. The minimum absolute atomic E-state index is 0.0413. The summed E-state index contributed by atoms with van der Waals surface area (Å²) in [6.07, 6.45) is -4.24. The third kappa shape index (κ3) is 4.62. The second-order valence-electron chi connectivity index (χ2n) is 8.71. The quantitative estimate of drug-likeness (QED) is 0.407. The van der Waals surface area contributed by atoms with Crippen LogP contribution in [0.5, 0.6) is 0 Å². The van der Waals surface area contributed by atoms with Gasteiger partial charge in [0, 0.05) is 0 Å². The molecule has 0 spiro atoms. The highest BCUT2D eigenvalue weighted by Crippen LogP contribution is 2.43. The van der Waals surface area contributed by atoms with Crippen molar-refractivity contribution in [2.75, 3.05) is 12.3 Å². The van der Waals surface area contributed by atoms with Gasteiger partial charge in [0.15, 0.2) is 12.0 Å². The van der Waals surface area contributed by atoms with Crippen molar-refractivity contribution in [1.82, 2.24) is 14.6 Å². The van der Waals surface area contributed by atoms with Crippen molar-refractivity contribution in [2.24, 2.45) is 0 Å². The molecular weight excluding hydrogens is 454 g/mol. The monoisotopic (exact) mass is 480 g/mol. The molecule has 1 fully saturated rings. The summed E-state index contributed by atoms with van der Waals surface area (Å²) in [5.41, 5.74) is 6.94. The molecule has 4 aromatic rings. The maximum Gasteiger partial charge on any atom is 0.327 e. The molecule has 3 heterocycles. The van der Waals surface area contributed by atoms with E-state index in [2.05, 4.69) is 10.1 Å². The zero-order valence-electron chi connectivity index (χ0n) is 19.2. The average molecular weight is 481 g/mol. The smallest absolute Gasteiger partial charge is 0.327 e.